The minimum Gasteiger partial charge on any atom is -0.396 e. The van der Waals surface area contributed by atoms with E-state index in [0.717, 1.165) is 12.8 Å². The van der Waals surface area contributed by atoms with E-state index in [2.05, 4.69) is 5.32 Å². The Morgan fingerprint density at radius 3 is 1.94 bits per heavy atom. The molecule has 0 unspecified atom stereocenters. The van der Waals surface area contributed by atoms with Gasteiger partial charge in [-0.05, 0) is 19.8 Å². The quantitative estimate of drug-likeness (QED) is 0.750. The average molecular weight is 223 g/mol. The molecule has 0 radical (unpaired) electrons. The molecule has 0 aliphatic rings. The van der Waals surface area contributed by atoms with Crippen molar-refractivity contribution in [3.63, 3.8) is 0 Å². The number of nitrogens with one attached hydrogen (secondary N) is 1. The molecule has 0 heterocycles. The SMILES string of the molecule is CCNC(=O)CCCCO.c1ccccc1. The molecule has 2 N–H and O–H groups in total. The Morgan fingerprint density at radius 1 is 1.06 bits per heavy atom. The molecule has 3 nitrogen and oxygen atoms in total. The number of benzene rings is 1. The lowest BCUT2D eigenvalue weighted by atomic mass is 10.2. The van der Waals surface area contributed by atoms with Crippen molar-refractivity contribution in [2.45, 2.75) is 26.2 Å². The predicted molar refractivity (Wildman–Crippen MR) is 66.1 cm³/mol. The summed E-state index contributed by atoms with van der Waals surface area (Å²) in [5.74, 6) is 0.0796. The summed E-state index contributed by atoms with van der Waals surface area (Å²) >= 11 is 0. The number of aliphatic hydroxyl groups is 1. The molecule has 1 amide bonds. The van der Waals surface area contributed by atoms with Crippen LogP contribution in [0, 0.1) is 0 Å². The lowest BCUT2D eigenvalue weighted by Crippen LogP contribution is -2.22. The summed E-state index contributed by atoms with van der Waals surface area (Å²) in [7, 11) is 0. The third kappa shape index (κ3) is 10.7. The Labute approximate surface area is 97.5 Å². The molecule has 90 valence electrons. The topological polar surface area (TPSA) is 49.3 Å². The molecule has 1 aromatic carbocycles. The summed E-state index contributed by atoms with van der Waals surface area (Å²) in [5, 5.41) is 11.1. The lowest BCUT2D eigenvalue weighted by molar-refractivity contribution is -0.121. The molecule has 1 aromatic rings. The van der Waals surface area contributed by atoms with Crippen molar-refractivity contribution >= 4 is 5.91 Å². The van der Waals surface area contributed by atoms with Crippen molar-refractivity contribution in [2.75, 3.05) is 13.2 Å². The first-order valence-electron chi connectivity index (χ1n) is 5.68. The second kappa shape index (κ2) is 11.7. The molecule has 0 atom stereocenters. The van der Waals surface area contributed by atoms with E-state index < -0.39 is 0 Å². The minimum absolute atomic E-state index is 0.0796. The predicted octanol–water partition coefficient (Wildman–Crippen LogP) is 1.97. The molecule has 3 heteroatoms. The summed E-state index contributed by atoms with van der Waals surface area (Å²) in [6.07, 6.45) is 2.04. The second-order valence-electron chi connectivity index (χ2n) is 3.29. The Morgan fingerprint density at radius 2 is 1.56 bits per heavy atom. The van der Waals surface area contributed by atoms with Crippen LogP contribution in [0.15, 0.2) is 36.4 Å². The van der Waals surface area contributed by atoms with Crippen molar-refractivity contribution in [2.24, 2.45) is 0 Å². The summed E-state index contributed by atoms with van der Waals surface area (Å²) in [4.78, 5) is 10.7. The van der Waals surface area contributed by atoms with E-state index in [1.54, 1.807) is 0 Å². The summed E-state index contributed by atoms with van der Waals surface area (Å²) in [6, 6.07) is 12.0. The molecular weight excluding hydrogens is 202 g/mol. The Balaban J connectivity index is 0.000000315. The van der Waals surface area contributed by atoms with Gasteiger partial charge in [-0.15, -0.1) is 0 Å². The average Bonchev–Trinajstić information content (AvgIpc) is 2.33. The third-order valence-corrected chi connectivity index (χ3v) is 1.85. The monoisotopic (exact) mass is 223 g/mol. The van der Waals surface area contributed by atoms with Gasteiger partial charge in [0.05, 0.1) is 0 Å². The number of unbranched alkanes of at least 4 members (excludes halogenated alkanes) is 1. The van der Waals surface area contributed by atoms with Crippen LogP contribution in [0.5, 0.6) is 0 Å². The Kier molecular flexibility index (Phi) is 10.7. The van der Waals surface area contributed by atoms with Crippen molar-refractivity contribution in [1.82, 2.24) is 5.32 Å². The largest absolute Gasteiger partial charge is 0.396 e. The molecule has 0 bridgehead atoms. The fourth-order valence-corrected chi connectivity index (χ4v) is 1.07. The fourth-order valence-electron chi connectivity index (χ4n) is 1.07. The van der Waals surface area contributed by atoms with Crippen LogP contribution in [-0.2, 0) is 4.79 Å². The number of rotatable bonds is 5. The number of carbonyl (C=O) groups is 1. The first-order valence-corrected chi connectivity index (χ1v) is 5.68. The van der Waals surface area contributed by atoms with Crippen molar-refractivity contribution in [3.05, 3.63) is 36.4 Å². The zero-order valence-corrected chi connectivity index (χ0v) is 9.86. The van der Waals surface area contributed by atoms with Crippen LogP contribution in [0.2, 0.25) is 0 Å². The van der Waals surface area contributed by atoms with Crippen LogP contribution in [0.25, 0.3) is 0 Å². The van der Waals surface area contributed by atoms with Crippen LogP contribution in [0.4, 0.5) is 0 Å². The number of hydrogen-bond donors (Lipinski definition) is 2. The maximum Gasteiger partial charge on any atom is 0.219 e. The highest BCUT2D eigenvalue weighted by molar-refractivity contribution is 5.75. The van der Waals surface area contributed by atoms with Crippen molar-refractivity contribution in [3.8, 4) is 0 Å². The number of aliphatic hydroxyl groups excluding tert-OH is 1. The molecule has 0 aromatic heterocycles. The van der Waals surface area contributed by atoms with E-state index in [-0.39, 0.29) is 12.5 Å². The van der Waals surface area contributed by atoms with E-state index in [1.165, 1.54) is 0 Å². The van der Waals surface area contributed by atoms with Gasteiger partial charge in [0, 0.05) is 19.6 Å². The van der Waals surface area contributed by atoms with Gasteiger partial charge in [-0.1, -0.05) is 36.4 Å². The minimum atomic E-state index is 0.0796. The lowest BCUT2D eigenvalue weighted by Gasteiger charge is -1.99. The van der Waals surface area contributed by atoms with Crippen LogP contribution < -0.4 is 5.32 Å². The van der Waals surface area contributed by atoms with Gasteiger partial charge in [-0.3, -0.25) is 4.79 Å². The summed E-state index contributed by atoms with van der Waals surface area (Å²) in [5.41, 5.74) is 0. The summed E-state index contributed by atoms with van der Waals surface area (Å²) < 4.78 is 0. The maximum atomic E-state index is 10.7. The Bertz CT molecular complexity index is 223. The van der Waals surface area contributed by atoms with Crippen molar-refractivity contribution < 1.29 is 9.90 Å². The second-order valence-corrected chi connectivity index (χ2v) is 3.29. The first-order chi connectivity index (χ1) is 7.81. The molecule has 1 rings (SSSR count). The number of hydrogen-bond acceptors (Lipinski definition) is 2. The van der Waals surface area contributed by atoms with Crippen LogP contribution >= 0.6 is 0 Å². The molecule has 0 spiro atoms. The van der Waals surface area contributed by atoms with Gasteiger partial charge in [0.1, 0.15) is 0 Å². The third-order valence-electron chi connectivity index (χ3n) is 1.85. The standard InChI is InChI=1S/C7H15NO2.C6H6/c1-2-8-7(10)5-3-4-6-9;1-2-4-6-5-3-1/h9H,2-6H2,1H3,(H,8,10);1-6H. The van der Waals surface area contributed by atoms with E-state index >= 15 is 0 Å². The Hall–Kier alpha value is -1.35. The van der Waals surface area contributed by atoms with Crippen LogP contribution in [0.1, 0.15) is 26.2 Å². The van der Waals surface area contributed by atoms with Gasteiger partial charge in [-0.2, -0.15) is 0 Å². The van der Waals surface area contributed by atoms with Gasteiger partial charge in [-0.25, -0.2) is 0 Å². The van der Waals surface area contributed by atoms with E-state index in [4.69, 9.17) is 5.11 Å². The highest BCUT2D eigenvalue weighted by Crippen LogP contribution is 1.92. The molecule has 0 aliphatic heterocycles. The van der Waals surface area contributed by atoms with Gasteiger partial charge in [0.2, 0.25) is 5.91 Å². The molecule has 0 saturated heterocycles. The van der Waals surface area contributed by atoms with Crippen LogP contribution in [-0.4, -0.2) is 24.2 Å². The van der Waals surface area contributed by atoms with Crippen molar-refractivity contribution in [1.29, 1.82) is 0 Å². The molecule has 16 heavy (non-hydrogen) atoms. The van der Waals surface area contributed by atoms with Gasteiger partial charge in [0.25, 0.3) is 0 Å². The fraction of sp³-hybridized carbons (Fsp3) is 0.462. The van der Waals surface area contributed by atoms with Gasteiger partial charge in [0.15, 0.2) is 0 Å². The zero-order valence-electron chi connectivity index (χ0n) is 9.86. The maximum absolute atomic E-state index is 10.7. The molecule has 0 aliphatic carbocycles. The zero-order chi connectivity index (χ0) is 12.1. The molecule has 0 saturated carbocycles. The molecular formula is C13H21NO2. The van der Waals surface area contributed by atoms with Gasteiger partial charge >= 0.3 is 0 Å². The first kappa shape index (κ1) is 14.6. The van der Waals surface area contributed by atoms with E-state index in [1.807, 2.05) is 43.3 Å². The highest BCUT2D eigenvalue weighted by Gasteiger charge is 1.96. The van der Waals surface area contributed by atoms with E-state index in [9.17, 15) is 4.79 Å². The summed E-state index contributed by atoms with van der Waals surface area (Å²) in [6.45, 7) is 2.77. The van der Waals surface area contributed by atoms with Gasteiger partial charge < -0.3 is 10.4 Å². The smallest absolute Gasteiger partial charge is 0.219 e. The number of carbonyl (C=O) groups excluding carboxylic acids is 1. The highest BCUT2D eigenvalue weighted by atomic mass is 16.2. The van der Waals surface area contributed by atoms with Crippen LogP contribution in [0.3, 0.4) is 0 Å². The molecule has 0 fully saturated rings. The number of amides is 1. The normalized spacial score (nSPS) is 8.88. The van der Waals surface area contributed by atoms with E-state index in [0.29, 0.717) is 13.0 Å².